The summed E-state index contributed by atoms with van der Waals surface area (Å²) in [5, 5.41) is 9.11. The zero-order chi connectivity index (χ0) is 23.6. The molecule has 1 N–H and O–H groups in total. The third-order valence-corrected chi connectivity index (χ3v) is 6.52. The number of hydrogen-bond acceptors (Lipinski definition) is 4. The second kappa shape index (κ2) is 9.09. The molecule has 3 amide bonds. The molecule has 2 fully saturated rings. The van der Waals surface area contributed by atoms with E-state index < -0.39 is 17.9 Å². The predicted octanol–water partition coefficient (Wildman–Crippen LogP) is 3.81. The van der Waals surface area contributed by atoms with Gasteiger partial charge in [0.15, 0.2) is 0 Å². The molecule has 1 spiro atoms. The normalized spacial score (nSPS) is 16.8. The van der Waals surface area contributed by atoms with Crippen LogP contribution in [0.3, 0.4) is 0 Å². The molecule has 2 aliphatic heterocycles. The number of halogens is 1. The number of ether oxygens (including phenoxy) is 1. The summed E-state index contributed by atoms with van der Waals surface area (Å²) in [5.41, 5.74) is 0.973. The molecule has 0 atom stereocenters. The van der Waals surface area contributed by atoms with E-state index in [4.69, 9.17) is 5.11 Å². The number of piperidine rings is 1. The van der Waals surface area contributed by atoms with Crippen LogP contribution in [0.2, 0.25) is 0 Å². The van der Waals surface area contributed by atoms with Crippen LogP contribution in [0.15, 0.2) is 48.5 Å². The largest absolute Gasteiger partial charge is 0.465 e. The van der Waals surface area contributed by atoms with E-state index in [-0.39, 0.29) is 29.1 Å². The Morgan fingerprint density at radius 1 is 1.06 bits per heavy atom. The van der Waals surface area contributed by atoms with Crippen molar-refractivity contribution in [3.63, 3.8) is 0 Å². The van der Waals surface area contributed by atoms with Crippen molar-refractivity contribution in [2.24, 2.45) is 5.41 Å². The van der Waals surface area contributed by atoms with Crippen molar-refractivity contribution >= 4 is 23.8 Å². The number of para-hydroxylation sites is 1. The van der Waals surface area contributed by atoms with Crippen molar-refractivity contribution in [1.29, 1.82) is 0 Å². The summed E-state index contributed by atoms with van der Waals surface area (Å²) in [6, 6.07) is 12.9. The molecule has 0 saturated carbocycles. The lowest BCUT2D eigenvalue weighted by Crippen LogP contribution is -2.62. The maximum atomic E-state index is 14.8. The molecule has 0 aromatic heterocycles. The first kappa shape index (κ1) is 22.6. The van der Waals surface area contributed by atoms with Crippen LogP contribution >= 0.6 is 0 Å². The second-order valence-electron chi connectivity index (χ2n) is 8.63. The van der Waals surface area contributed by atoms with E-state index in [1.165, 1.54) is 29.0 Å². The molecule has 174 valence electrons. The number of benzene rings is 2. The molecule has 0 unspecified atom stereocenters. The average molecular weight is 455 g/mol. The Kier molecular flexibility index (Phi) is 6.22. The van der Waals surface area contributed by atoms with E-state index in [9.17, 15) is 18.8 Å². The van der Waals surface area contributed by atoms with E-state index in [0.29, 0.717) is 31.9 Å². The Morgan fingerprint density at radius 2 is 1.73 bits per heavy atom. The number of urea groups is 1. The first-order valence-electron chi connectivity index (χ1n) is 10.8. The fourth-order valence-electron chi connectivity index (χ4n) is 4.53. The summed E-state index contributed by atoms with van der Waals surface area (Å²) in [5.74, 6) is -1.22. The summed E-state index contributed by atoms with van der Waals surface area (Å²) in [6.07, 6.45) is 0.551. The van der Waals surface area contributed by atoms with Crippen LogP contribution in [0, 0.1) is 11.2 Å². The minimum atomic E-state index is -0.908. The van der Waals surface area contributed by atoms with Gasteiger partial charge in [-0.25, -0.2) is 18.8 Å². The molecule has 2 aliphatic rings. The first-order valence-corrected chi connectivity index (χ1v) is 10.8. The molecule has 2 aromatic carbocycles. The molecule has 8 nitrogen and oxygen atoms in total. The molecule has 9 heteroatoms. The number of anilines is 1. The predicted molar refractivity (Wildman–Crippen MR) is 119 cm³/mol. The van der Waals surface area contributed by atoms with Crippen LogP contribution in [-0.4, -0.2) is 66.3 Å². The van der Waals surface area contributed by atoms with Gasteiger partial charge in [-0.1, -0.05) is 24.3 Å². The number of carbonyl (C=O) groups is 3. The molecule has 2 aromatic rings. The van der Waals surface area contributed by atoms with Crippen molar-refractivity contribution in [3.8, 4) is 0 Å². The summed E-state index contributed by atoms with van der Waals surface area (Å²) >= 11 is 0. The van der Waals surface area contributed by atoms with Crippen molar-refractivity contribution in [2.45, 2.75) is 19.4 Å². The van der Waals surface area contributed by atoms with Gasteiger partial charge in [0.2, 0.25) is 0 Å². The summed E-state index contributed by atoms with van der Waals surface area (Å²) in [4.78, 5) is 40.9. The van der Waals surface area contributed by atoms with Gasteiger partial charge in [-0.3, -0.25) is 4.90 Å². The second-order valence-corrected chi connectivity index (χ2v) is 8.63. The minimum Gasteiger partial charge on any atom is -0.465 e. The topological polar surface area (TPSA) is 90.4 Å². The highest BCUT2D eigenvalue weighted by atomic mass is 19.1. The highest BCUT2D eigenvalue weighted by molar-refractivity contribution is 5.92. The molecule has 2 saturated heterocycles. The third-order valence-electron chi connectivity index (χ3n) is 6.52. The van der Waals surface area contributed by atoms with Gasteiger partial charge in [0.25, 0.3) is 0 Å². The van der Waals surface area contributed by atoms with Gasteiger partial charge in [0, 0.05) is 42.8 Å². The highest BCUT2D eigenvalue weighted by Gasteiger charge is 2.47. The zero-order valence-electron chi connectivity index (χ0n) is 18.4. The Labute approximate surface area is 191 Å². The molecule has 0 bridgehead atoms. The van der Waals surface area contributed by atoms with Crippen LogP contribution in [0.5, 0.6) is 0 Å². The van der Waals surface area contributed by atoms with Crippen LogP contribution in [0.4, 0.5) is 19.7 Å². The Hall–Kier alpha value is -3.62. The number of carboxylic acid groups (broad SMARTS) is 1. The number of carbonyl (C=O) groups excluding carboxylic acids is 2. The van der Waals surface area contributed by atoms with Crippen LogP contribution < -0.4 is 4.90 Å². The van der Waals surface area contributed by atoms with Crippen molar-refractivity contribution in [2.75, 3.05) is 38.2 Å². The lowest BCUT2D eigenvalue weighted by molar-refractivity contribution is -0.0265. The van der Waals surface area contributed by atoms with Crippen molar-refractivity contribution < 1.29 is 28.6 Å². The first-order chi connectivity index (χ1) is 15.8. The van der Waals surface area contributed by atoms with E-state index in [2.05, 4.69) is 4.74 Å². The number of rotatable bonds is 4. The summed E-state index contributed by atoms with van der Waals surface area (Å²) in [6.45, 7) is 2.04. The quantitative estimate of drug-likeness (QED) is 0.708. The molecule has 0 aliphatic carbocycles. The summed E-state index contributed by atoms with van der Waals surface area (Å²) in [7, 11) is 1.23. The minimum absolute atomic E-state index is 0.00453. The van der Waals surface area contributed by atoms with Crippen LogP contribution in [0.1, 0.15) is 28.8 Å². The number of methoxy groups -OCH3 is 1. The Bertz CT molecular complexity index is 1050. The van der Waals surface area contributed by atoms with Crippen LogP contribution in [0.25, 0.3) is 0 Å². The maximum Gasteiger partial charge on any atom is 0.407 e. The third kappa shape index (κ3) is 4.62. The molecule has 33 heavy (non-hydrogen) atoms. The van der Waals surface area contributed by atoms with Gasteiger partial charge in [-0.15, -0.1) is 0 Å². The Morgan fingerprint density at radius 3 is 2.30 bits per heavy atom. The van der Waals surface area contributed by atoms with Gasteiger partial charge in [-0.2, -0.15) is 0 Å². The number of likely N-dealkylation sites (tertiary alicyclic amines) is 2. The number of amides is 3. The lowest BCUT2D eigenvalue weighted by Gasteiger charge is -2.53. The fourth-order valence-corrected chi connectivity index (χ4v) is 4.53. The average Bonchev–Trinajstić information content (AvgIpc) is 2.81. The van der Waals surface area contributed by atoms with Crippen molar-refractivity contribution in [3.05, 3.63) is 65.5 Å². The number of nitrogens with zero attached hydrogens (tertiary/aromatic N) is 3. The fraction of sp³-hybridized carbons (Fsp3) is 0.375. The molecule has 0 radical (unpaired) electrons. The SMILES string of the molecule is COC(=O)c1ccc(CN(C(=O)N2CCC3(CC2)CN(C(=O)O)C3)c2ccccc2)c(F)c1. The highest BCUT2D eigenvalue weighted by Crippen LogP contribution is 2.40. The van der Waals surface area contributed by atoms with E-state index in [0.717, 1.165) is 18.9 Å². The molecule has 2 heterocycles. The van der Waals surface area contributed by atoms with Gasteiger partial charge >= 0.3 is 18.1 Å². The van der Waals surface area contributed by atoms with E-state index in [1.807, 2.05) is 18.2 Å². The van der Waals surface area contributed by atoms with Gasteiger partial charge in [-0.05, 0) is 37.1 Å². The monoisotopic (exact) mass is 455 g/mol. The van der Waals surface area contributed by atoms with E-state index in [1.54, 1.807) is 17.0 Å². The number of esters is 1. The Balaban J connectivity index is 1.50. The van der Waals surface area contributed by atoms with Gasteiger partial charge < -0.3 is 19.6 Å². The van der Waals surface area contributed by atoms with Gasteiger partial charge in [0.05, 0.1) is 19.2 Å². The molecular weight excluding hydrogens is 429 g/mol. The smallest absolute Gasteiger partial charge is 0.407 e. The lowest BCUT2D eigenvalue weighted by atomic mass is 9.72. The zero-order valence-corrected chi connectivity index (χ0v) is 18.4. The van der Waals surface area contributed by atoms with Gasteiger partial charge in [0.1, 0.15) is 5.82 Å². The van der Waals surface area contributed by atoms with Crippen LogP contribution in [-0.2, 0) is 11.3 Å². The number of hydrogen-bond donors (Lipinski definition) is 1. The molecular formula is C24H26FN3O5. The van der Waals surface area contributed by atoms with Crippen molar-refractivity contribution in [1.82, 2.24) is 9.80 Å². The maximum absolute atomic E-state index is 14.8. The molecule has 4 rings (SSSR count). The standard InChI is InChI=1S/C24H26FN3O5/c1-33-21(29)17-7-8-18(20(25)13-17)14-28(19-5-3-2-4-6-19)22(30)26-11-9-24(10-12-26)15-27(16-24)23(31)32/h2-8,13H,9-12,14-16H2,1H3,(H,31,32). The summed E-state index contributed by atoms with van der Waals surface area (Å²) < 4.78 is 19.4. The van der Waals surface area contributed by atoms with E-state index >= 15 is 0 Å².